The van der Waals surface area contributed by atoms with Gasteiger partial charge in [0.25, 0.3) is 5.91 Å². The highest BCUT2D eigenvalue weighted by atomic mass is 35.5. The van der Waals surface area contributed by atoms with E-state index in [2.05, 4.69) is 11.2 Å². The van der Waals surface area contributed by atoms with Gasteiger partial charge in [-0.15, -0.1) is 12.3 Å². The van der Waals surface area contributed by atoms with E-state index in [0.717, 1.165) is 0 Å². The van der Waals surface area contributed by atoms with Gasteiger partial charge in [-0.25, -0.2) is 0 Å². The lowest BCUT2D eigenvalue weighted by molar-refractivity contribution is 0.0954. The van der Waals surface area contributed by atoms with Gasteiger partial charge in [0.05, 0.1) is 10.7 Å². The first-order chi connectivity index (χ1) is 7.15. The molecule has 0 heterocycles. The van der Waals surface area contributed by atoms with E-state index >= 15 is 0 Å². The second kappa shape index (κ2) is 5.28. The van der Waals surface area contributed by atoms with E-state index in [1.54, 1.807) is 12.1 Å². The fourth-order valence-electron chi connectivity index (χ4n) is 1.02. The first-order valence-corrected chi connectivity index (χ1v) is 4.79. The fraction of sp³-hybridized carbons (Fsp3) is 0.182. The molecule has 1 aromatic rings. The summed E-state index contributed by atoms with van der Waals surface area (Å²) in [6.07, 6.45) is 5.57. The number of hydrogen-bond donors (Lipinski definition) is 2. The van der Waals surface area contributed by atoms with Crippen molar-refractivity contribution < 1.29 is 4.79 Å². The molecule has 0 aliphatic heterocycles. The quantitative estimate of drug-likeness (QED) is 0.465. The summed E-state index contributed by atoms with van der Waals surface area (Å²) in [6.45, 7) is 0.456. The molecule has 0 atom stereocenters. The van der Waals surface area contributed by atoms with Crippen LogP contribution in [-0.4, -0.2) is 12.5 Å². The van der Waals surface area contributed by atoms with Crippen LogP contribution in [0.4, 0.5) is 5.69 Å². The number of benzene rings is 1. The van der Waals surface area contributed by atoms with Crippen molar-refractivity contribution in [2.24, 2.45) is 0 Å². The minimum atomic E-state index is -0.202. The topological polar surface area (TPSA) is 55.1 Å². The third kappa shape index (κ3) is 3.19. The highest BCUT2D eigenvalue weighted by Crippen LogP contribution is 2.19. The molecule has 1 rings (SSSR count). The van der Waals surface area contributed by atoms with Gasteiger partial charge in [0.2, 0.25) is 0 Å². The number of rotatable bonds is 3. The predicted octanol–water partition coefficient (Wildman–Crippen LogP) is 1.68. The Morgan fingerprint density at radius 2 is 2.33 bits per heavy atom. The monoisotopic (exact) mass is 222 g/mol. The zero-order valence-corrected chi connectivity index (χ0v) is 8.84. The van der Waals surface area contributed by atoms with E-state index in [9.17, 15) is 4.79 Å². The van der Waals surface area contributed by atoms with Crippen molar-refractivity contribution in [2.45, 2.75) is 6.42 Å². The number of halogens is 1. The SMILES string of the molecule is C#CCCNC(=O)c1ccc(N)c(Cl)c1. The van der Waals surface area contributed by atoms with Crippen LogP contribution in [0.1, 0.15) is 16.8 Å². The van der Waals surface area contributed by atoms with Crippen molar-refractivity contribution in [2.75, 3.05) is 12.3 Å². The molecule has 1 amide bonds. The Hall–Kier alpha value is -1.66. The van der Waals surface area contributed by atoms with Gasteiger partial charge in [-0.05, 0) is 18.2 Å². The molecule has 0 aromatic heterocycles. The molecule has 0 radical (unpaired) electrons. The lowest BCUT2D eigenvalue weighted by Gasteiger charge is -2.04. The summed E-state index contributed by atoms with van der Waals surface area (Å²) >= 11 is 5.78. The lowest BCUT2D eigenvalue weighted by Crippen LogP contribution is -2.24. The van der Waals surface area contributed by atoms with Gasteiger partial charge in [0.15, 0.2) is 0 Å². The van der Waals surface area contributed by atoms with Crippen molar-refractivity contribution in [1.29, 1.82) is 0 Å². The molecule has 15 heavy (non-hydrogen) atoms. The molecule has 78 valence electrons. The number of amides is 1. The molecule has 0 saturated carbocycles. The Morgan fingerprint density at radius 1 is 1.60 bits per heavy atom. The Kier molecular flexibility index (Phi) is 4.02. The van der Waals surface area contributed by atoms with Crippen LogP contribution in [0.3, 0.4) is 0 Å². The third-order valence-corrected chi connectivity index (χ3v) is 2.14. The normalized spacial score (nSPS) is 9.33. The van der Waals surface area contributed by atoms with Crippen molar-refractivity contribution in [3.63, 3.8) is 0 Å². The number of anilines is 1. The molecular formula is C11H11ClN2O. The van der Waals surface area contributed by atoms with Crippen molar-refractivity contribution in [1.82, 2.24) is 5.32 Å². The summed E-state index contributed by atoms with van der Waals surface area (Å²) in [5.41, 5.74) is 6.45. The Bertz CT molecular complexity index is 410. The Balaban J connectivity index is 2.67. The highest BCUT2D eigenvalue weighted by molar-refractivity contribution is 6.33. The first kappa shape index (κ1) is 11.4. The van der Waals surface area contributed by atoms with Crippen LogP contribution in [0, 0.1) is 12.3 Å². The predicted molar refractivity (Wildman–Crippen MR) is 61.6 cm³/mol. The summed E-state index contributed by atoms with van der Waals surface area (Å²) in [5.74, 6) is 2.23. The number of terminal acetylenes is 1. The van der Waals surface area contributed by atoms with Gasteiger partial charge in [0.1, 0.15) is 0 Å². The van der Waals surface area contributed by atoms with E-state index in [1.165, 1.54) is 6.07 Å². The summed E-state index contributed by atoms with van der Waals surface area (Å²) in [4.78, 5) is 11.5. The number of nitrogen functional groups attached to an aromatic ring is 1. The fourth-order valence-corrected chi connectivity index (χ4v) is 1.20. The number of nitrogens with two attached hydrogens (primary N) is 1. The molecule has 1 aromatic carbocycles. The van der Waals surface area contributed by atoms with E-state index in [0.29, 0.717) is 29.2 Å². The maximum Gasteiger partial charge on any atom is 0.251 e. The highest BCUT2D eigenvalue weighted by Gasteiger charge is 2.06. The van der Waals surface area contributed by atoms with Crippen LogP contribution >= 0.6 is 11.6 Å². The smallest absolute Gasteiger partial charge is 0.251 e. The first-order valence-electron chi connectivity index (χ1n) is 4.42. The van der Waals surface area contributed by atoms with Crippen LogP contribution in [-0.2, 0) is 0 Å². The van der Waals surface area contributed by atoms with Crippen LogP contribution in [0.2, 0.25) is 5.02 Å². The molecule has 0 spiro atoms. The molecule has 0 fully saturated rings. The number of hydrogen-bond acceptors (Lipinski definition) is 2. The Labute approximate surface area is 93.6 Å². The molecule has 0 saturated heterocycles. The summed E-state index contributed by atoms with van der Waals surface area (Å²) in [6, 6.07) is 4.74. The standard InChI is InChI=1S/C11H11ClN2O/c1-2-3-6-14-11(15)8-4-5-10(13)9(12)7-8/h1,4-5,7H,3,6,13H2,(H,14,15). The lowest BCUT2D eigenvalue weighted by atomic mass is 10.2. The van der Waals surface area contributed by atoms with Crippen molar-refractivity contribution in [3.8, 4) is 12.3 Å². The molecular weight excluding hydrogens is 212 g/mol. The van der Waals surface area contributed by atoms with Crippen LogP contribution in [0.25, 0.3) is 0 Å². The molecule has 0 bridgehead atoms. The second-order valence-corrected chi connectivity index (χ2v) is 3.35. The maximum absolute atomic E-state index is 11.5. The molecule has 0 aliphatic carbocycles. The molecule has 0 aliphatic rings. The van der Waals surface area contributed by atoms with E-state index < -0.39 is 0 Å². The molecule has 3 nitrogen and oxygen atoms in total. The minimum Gasteiger partial charge on any atom is -0.398 e. The molecule has 4 heteroatoms. The molecule has 0 unspecified atom stereocenters. The van der Waals surface area contributed by atoms with Gasteiger partial charge in [0, 0.05) is 18.5 Å². The zero-order valence-electron chi connectivity index (χ0n) is 8.09. The zero-order chi connectivity index (χ0) is 11.3. The van der Waals surface area contributed by atoms with E-state index in [-0.39, 0.29) is 5.91 Å². The van der Waals surface area contributed by atoms with E-state index in [1.807, 2.05) is 0 Å². The summed E-state index contributed by atoms with van der Waals surface area (Å²) < 4.78 is 0. The Morgan fingerprint density at radius 3 is 2.93 bits per heavy atom. The van der Waals surface area contributed by atoms with Gasteiger partial charge in [-0.3, -0.25) is 4.79 Å². The van der Waals surface area contributed by atoms with Crippen molar-refractivity contribution >= 4 is 23.2 Å². The van der Waals surface area contributed by atoms with Gasteiger partial charge in [-0.1, -0.05) is 11.6 Å². The van der Waals surface area contributed by atoms with Gasteiger partial charge >= 0.3 is 0 Å². The summed E-state index contributed by atoms with van der Waals surface area (Å²) in [5, 5.41) is 3.04. The average Bonchev–Trinajstić information content (AvgIpc) is 2.22. The van der Waals surface area contributed by atoms with Gasteiger partial charge < -0.3 is 11.1 Å². The second-order valence-electron chi connectivity index (χ2n) is 2.95. The number of carbonyl (C=O) groups is 1. The van der Waals surface area contributed by atoms with Crippen LogP contribution in [0.5, 0.6) is 0 Å². The number of nitrogens with one attached hydrogen (secondary N) is 1. The van der Waals surface area contributed by atoms with E-state index in [4.69, 9.17) is 23.8 Å². The summed E-state index contributed by atoms with van der Waals surface area (Å²) in [7, 11) is 0. The molecule has 3 N–H and O–H groups in total. The minimum absolute atomic E-state index is 0.202. The van der Waals surface area contributed by atoms with Crippen LogP contribution in [0.15, 0.2) is 18.2 Å². The number of carbonyl (C=O) groups excluding carboxylic acids is 1. The maximum atomic E-state index is 11.5. The average molecular weight is 223 g/mol. The third-order valence-electron chi connectivity index (χ3n) is 1.82. The van der Waals surface area contributed by atoms with Crippen molar-refractivity contribution in [3.05, 3.63) is 28.8 Å². The van der Waals surface area contributed by atoms with Crippen LogP contribution < -0.4 is 11.1 Å². The van der Waals surface area contributed by atoms with Gasteiger partial charge in [-0.2, -0.15) is 0 Å². The largest absolute Gasteiger partial charge is 0.398 e.